The first-order valence-electron chi connectivity index (χ1n) is 7.97. The monoisotopic (exact) mass is 380 g/mol. The van der Waals surface area contributed by atoms with E-state index in [-0.39, 0.29) is 17.7 Å². The standard InChI is InChI=1S/C16H18ClFN6O2/c1-19-14-13(22-16(25)24-4-6-26-7-5-24)9-20-15(23-14)21-12-3-2-10(17)8-11(12)18/h2-3,8-9H,4-7H2,1H3,(H,22,25)(H2,19,20,21,23). The van der Waals surface area contributed by atoms with E-state index in [1.807, 2.05) is 0 Å². The molecule has 1 aliphatic rings. The third-order valence-electron chi connectivity index (χ3n) is 3.74. The van der Waals surface area contributed by atoms with E-state index >= 15 is 0 Å². The summed E-state index contributed by atoms with van der Waals surface area (Å²) >= 11 is 5.74. The highest BCUT2D eigenvalue weighted by atomic mass is 35.5. The van der Waals surface area contributed by atoms with E-state index in [2.05, 4.69) is 25.9 Å². The highest BCUT2D eigenvalue weighted by molar-refractivity contribution is 6.30. The van der Waals surface area contributed by atoms with Gasteiger partial charge in [-0.3, -0.25) is 0 Å². The summed E-state index contributed by atoms with van der Waals surface area (Å²) in [6, 6.07) is 3.99. The maximum Gasteiger partial charge on any atom is 0.322 e. The van der Waals surface area contributed by atoms with Gasteiger partial charge in [0.15, 0.2) is 5.82 Å². The van der Waals surface area contributed by atoms with Gasteiger partial charge in [0.2, 0.25) is 5.95 Å². The third-order valence-corrected chi connectivity index (χ3v) is 3.98. The number of hydrogen-bond acceptors (Lipinski definition) is 6. The molecule has 0 unspecified atom stereocenters. The summed E-state index contributed by atoms with van der Waals surface area (Å²) in [5.74, 6) is 0.0650. The minimum atomic E-state index is -0.517. The van der Waals surface area contributed by atoms with Gasteiger partial charge in [-0.1, -0.05) is 11.6 Å². The molecule has 0 saturated carbocycles. The van der Waals surface area contributed by atoms with Crippen molar-refractivity contribution in [1.29, 1.82) is 0 Å². The molecule has 2 heterocycles. The van der Waals surface area contributed by atoms with Crippen LogP contribution in [0, 0.1) is 5.82 Å². The fourth-order valence-corrected chi connectivity index (χ4v) is 2.55. The summed E-state index contributed by atoms with van der Waals surface area (Å²) < 4.78 is 19.1. The lowest BCUT2D eigenvalue weighted by atomic mass is 10.3. The van der Waals surface area contributed by atoms with E-state index in [0.717, 1.165) is 0 Å². The molecule has 3 N–H and O–H groups in total. The van der Waals surface area contributed by atoms with Crippen molar-refractivity contribution in [3.63, 3.8) is 0 Å². The Bertz CT molecular complexity index is 800. The molecule has 3 rings (SSSR count). The quantitative estimate of drug-likeness (QED) is 0.755. The molecule has 0 bridgehead atoms. The molecule has 8 nitrogen and oxygen atoms in total. The van der Waals surface area contributed by atoms with Gasteiger partial charge in [-0.15, -0.1) is 0 Å². The molecule has 10 heteroatoms. The SMILES string of the molecule is CNc1nc(Nc2ccc(Cl)cc2F)ncc1NC(=O)N1CCOCC1. The van der Waals surface area contributed by atoms with E-state index in [0.29, 0.717) is 42.8 Å². The normalized spacial score (nSPS) is 14.0. The number of rotatable bonds is 4. The van der Waals surface area contributed by atoms with E-state index < -0.39 is 5.82 Å². The minimum Gasteiger partial charge on any atom is -0.378 e. The number of amides is 2. The molecule has 0 atom stereocenters. The zero-order valence-corrected chi connectivity index (χ0v) is 14.8. The number of urea groups is 1. The summed E-state index contributed by atoms with van der Waals surface area (Å²) in [5.41, 5.74) is 0.618. The molecule has 1 fully saturated rings. The van der Waals surface area contributed by atoms with Crippen LogP contribution in [0.3, 0.4) is 0 Å². The van der Waals surface area contributed by atoms with Crippen LogP contribution < -0.4 is 16.0 Å². The molecule has 1 aromatic heterocycles. The van der Waals surface area contributed by atoms with Crippen molar-refractivity contribution in [1.82, 2.24) is 14.9 Å². The maximum absolute atomic E-state index is 13.9. The fraction of sp³-hybridized carbons (Fsp3) is 0.312. The van der Waals surface area contributed by atoms with E-state index in [4.69, 9.17) is 16.3 Å². The summed E-state index contributed by atoms with van der Waals surface area (Å²) in [6.07, 6.45) is 1.45. The Kier molecular flexibility index (Phi) is 5.69. The smallest absolute Gasteiger partial charge is 0.322 e. The number of carbonyl (C=O) groups excluding carboxylic acids is 1. The number of carbonyl (C=O) groups is 1. The second kappa shape index (κ2) is 8.15. The number of nitrogens with one attached hydrogen (secondary N) is 3. The third kappa shape index (κ3) is 4.30. The van der Waals surface area contributed by atoms with Crippen molar-refractivity contribution in [2.45, 2.75) is 0 Å². The van der Waals surface area contributed by atoms with Crippen molar-refractivity contribution >= 4 is 40.8 Å². The Morgan fingerprint density at radius 1 is 1.31 bits per heavy atom. The number of halogens is 2. The predicted octanol–water partition coefficient (Wildman–Crippen LogP) is 2.92. The van der Waals surface area contributed by atoms with Crippen LogP contribution in [0.4, 0.5) is 32.3 Å². The zero-order valence-electron chi connectivity index (χ0n) is 14.1. The largest absolute Gasteiger partial charge is 0.378 e. The number of ether oxygens (including phenoxy) is 1. The first-order valence-corrected chi connectivity index (χ1v) is 8.35. The summed E-state index contributed by atoms with van der Waals surface area (Å²) in [7, 11) is 1.67. The number of anilines is 4. The van der Waals surface area contributed by atoms with Crippen LogP contribution in [0.5, 0.6) is 0 Å². The fourth-order valence-electron chi connectivity index (χ4n) is 2.40. The van der Waals surface area contributed by atoms with Gasteiger partial charge in [-0.05, 0) is 18.2 Å². The van der Waals surface area contributed by atoms with Crippen molar-refractivity contribution in [3.8, 4) is 0 Å². The van der Waals surface area contributed by atoms with Crippen molar-refractivity contribution in [2.75, 3.05) is 49.3 Å². The van der Waals surface area contributed by atoms with Gasteiger partial charge in [0.05, 0.1) is 25.1 Å². The number of morpholine rings is 1. The van der Waals surface area contributed by atoms with E-state index in [9.17, 15) is 9.18 Å². The number of aromatic nitrogens is 2. The van der Waals surface area contributed by atoms with Crippen LogP contribution in [0.25, 0.3) is 0 Å². The van der Waals surface area contributed by atoms with Gasteiger partial charge in [-0.2, -0.15) is 4.98 Å². The van der Waals surface area contributed by atoms with Crippen molar-refractivity contribution in [2.24, 2.45) is 0 Å². The Hall–Kier alpha value is -2.65. The number of hydrogen-bond donors (Lipinski definition) is 3. The molecule has 138 valence electrons. The second-order valence-corrected chi connectivity index (χ2v) is 5.92. The minimum absolute atomic E-state index is 0.181. The van der Waals surface area contributed by atoms with Crippen molar-refractivity contribution < 1.29 is 13.9 Å². The van der Waals surface area contributed by atoms with Crippen LogP contribution in [-0.2, 0) is 4.74 Å². The number of benzene rings is 1. The molecule has 2 aromatic rings. The van der Waals surface area contributed by atoms with Gasteiger partial charge in [0.25, 0.3) is 0 Å². The van der Waals surface area contributed by atoms with Gasteiger partial charge in [-0.25, -0.2) is 14.2 Å². The number of nitrogens with zero attached hydrogens (tertiary/aromatic N) is 3. The van der Waals surface area contributed by atoms with Crippen LogP contribution in [0.1, 0.15) is 0 Å². The predicted molar refractivity (Wildman–Crippen MR) is 97.7 cm³/mol. The molecule has 1 aromatic carbocycles. The Labute approximate surface area is 154 Å². The van der Waals surface area contributed by atoms with Gasteiger partial charge >= 0.3 is 6.03 Å². The maximum atomic E-state index is 13.9. The lowest BCUT2D eigenvalue weighted by Gasteiger charge is -2.27. The van der Waals surface area contributed by atoms with Crippen LogP contribution in [0.15, 0.2) is 24.4 Å². The molecule has 26 heavy (non-hydrogen) atoms. The average Bonchev–Trinajstić information content (AvgIpc) is 2.65. The molecule has 1 aliphatic heterocycles. The summed E-state index contributed by atoms with van der Waals surface area (Å²) in [4.78, 5) is 22.3. The van der Waals surface area contributed by atoms with E-state index in [1.54, 1.807) is 18.0 Å². The highest BCUT2D eigenvalue weighted by Crippen LogP contribution is 2.24. The van der Waals surface area contributed by atoms with Gasteiger partial charge < -0.3 is 25.6 Å². The lowest BCUT2D eigenvalue weighted by molar-refractivity contribution is 0.0564. The van der Waals surface area contributed by atoms with Crippen LogP contribution in [0.2, 0.25) is 5.02 Å². The van der Waals surface area contributed by atoms with Gasteiger partial charge in [0.1, 0.15) is 11.5 Å². The first kappa shape index (κ1) is 18.2. The molecule has 0 radical (unpaired) electrons. The average molecular weight is 381 g/mol. The van der Waals surface area contributed by atoms with Crippen molar-refractivity contribution in [3.05, 3.63) is 35.2 Å². The topological polar surface area (TPSA) is 91.4 Å². The highest BCUT2D eigenvalue weighted by Gasteiger charge is 2.18. The summed E-state index contributed by atoms with van der Waals surface area (Å²) in [6.45, 7) is 2.07. The first-order chi connectivity index (χ1) is 12.6. The molecule has 2 amide bonds. The molecule has 1 saturated heterocycles. The molecular weight excluding hydrogens is 363 g/mol. The molecule has 0 aliphatic carbocycles. The second-order valence-electron chi connectivity index (χ2n) is 5.48. The Morgan fingerprint density at radius 2 is 2.08 bits per heavy atom. The molecular formula is C16H18ClFN6O2. The van der Waals surface area contributed by atoms with Gasteiger partial charge in [0, 0.05) is 25.2 Å². The van der Waals surface area contributed by atoms with Crippen LogP contribution >= 0.6 is 11.6 Å². The van der Waals surface area contributed by atoms with E-state index in [1.165, 1.54) is 18.3 Å². The van der Waals surface area contributed by atoms with Crippen LogP contribution in [-0.4, -0.2) is 54.2 Å². The Balaban J connectivity index is 1.73. The molecule has 0 spiro atoms. The summed E-state index contributed by atoms with van der Waals surface area (Å²) in [5, 5.41) is 8.74. The lowest BCUT2D eigenvalue weighted by Crippen LogP contribution is -2.43. The Morgan fingerprint density at radius 3 is 2.77 bits per heavy atom. The zero-order chi connectivity index (χ0) is 18.5.